The molecule has 0 unspecified atom stereocenters. The zero-order chi connectivity index (χ0) is 18.5. The number of rotatable bonds is 3. The number of carbonyl (C=O) groups excluding carboxylic acids is 1. The highest BCUT2D eigenvalue weighted by Gasteiger charge is 2.19. The van der Waals surface area contributed by atoms with Crippen LogP contribution in [0.5, 0.6) is 0 Å². The lowest BCUT2D eigenvalue weighted by atomic mass is 10.0. The second-order valence-corrected chi connectivity index (χ2v) is 8.17. The Balaban J connectivity index is 1.50. The molecule has 1 aromatic heterocycles. The summed E-state index contributed by atoms with van der Waals surface area (Å²) in [6.45, 7) is 0. The Morgan fingerprint density at radius 1 is 1.07 bits per heavy atom. The first-order chi connectivity index (χ1) is 13.1. The normalized spacial score (nSPS) is 12.7. The van der Waals surface area contributed by atoms with Crippen LogP contribution in [0.1, 0.15) is 21.5 Å². The molecule has 27 heavy (non-hydrogen) atoms. The molecule has 3 aromatic carbocycles. The third-order valence-electron chi connectivity index (χ3n) is 5.22. The first-order valence-corrected chi connectivity index (χ1v) is 9.84. The molecule has 134 valence electrons. The standard InChI is InChI=1S/C22H19N3OS/c1-25(2)16-10-8-14(9-11-16)21(26)24-22-23-20-17-5-3-4-13-6-7-15(19(13)17)12-18(20)27-22/h3-5,8-12H,6-7H2,1-2H3,(H,23,24,26). The molecule has 0 aliphatic heterocycles. The summed E-state index contributed by atoms with van der Waals surface area (Å²) < 4.78 is 1.13. The molecule has 0 saturated heterocycles. The maximum Gasteiger partial charge on any atom is 0.257 e. The summed E-state index contributed by atoms with van der Waals surface area (Å²) in [5.74, 6) is -0.128. The van der Waals surface area contributed by atoms with E-state index in [9.17, 15) is 4.79 Å². The van der Waals surface area contributed by atoms with E-state index in [-0.39, 0.29) is 5.91 Å². The van der Waals surface area contributed by atoms with Gasteiger partial charge in [-0.15, -0.1) is 0 Å². The first kappa shape index (κ1) is 16.3. The van der Waals surface area contributed by atoms with Gasteiger partial charge in [-0.2, -0.15) is 0 Å². The van der Waals surface area contributed by atoms with E-state index in [4.69, 9.17) is 4.98 Å². The fourth-order valence-corrected chi connectivity index (χ4v) is 4.78. The third kappa shape index (κ3) is 2.66. The Bertz CT molecular complexity index is 1190. The number of hydrogen-bond donors (Lipinski definition) is 1. The molecule has 0 saturated carbocycles. The van der Waals surface area contributed by atoms with Crippen LogP contribution in [0.3, 0.4) is 0 Å². The van der Waals surface area contributed by atoms with Crippen molar-refractivity contribution >= 4 is 49.1 Å². The van der Waals surface area contributed by atoms with Gasteiger partial charge in [0.15, 0.2) is 5.13 Å². The topological polar surface area (TPSA) is 45.2 Å². The van der Waals surface area contributed by atoms with E-state index in [1.165, 1.54) is 21.9 Å². The molecule has 0 radical (unpaired) electrons. The van der Waals surface area contributed by atoms with Gasteiger partial charge in [0.1, 0.15) is 0 Å². The molecule has 0 atom stereocenters. The number of benzene rings is 3. The van der Waals surface area contributed by atoms with Crippen LogP contribution in [0.4, 0.5) is 10.8 Å². The van der Waals surface area contributed by atoms with Crippen molar-refractivity contribution in [1.82, 2.24) is 4.98 Å². The van der Waals surface area contributed by atoms with Gasteiger partial charge in [-0.05, 0) is 59.7 Å². The minimum absolute atomic E-state index is 0.128. The summed E-state index contributed by atoms with van der Waals surface area (Å²) in [5.41, 5.74) is 5.49. The van der Waals surface area contributed by atoms with Gasteiger partial charge in [0.05, 0.1) is 10.2 Å². The first-order valence-electron chi connectivity index (χ1n) is 9.03. The monoisotopic (exact) mass is 373 g/mol. The second-order valence-electron chi connectivity index (χ2n) is 7.14. The zero-order valence-electron chi connectivity index (χ0n) is 15.2. The number of thiazole rings is 1. The van der Waals surface area contributed by atoms with Gasteiger partial charge < -0.3 is 4.90 Å². The Labute approximate surface area is 161 Å². The van der Waals surface area contributed by atoms with Gasteiger partial charge in [-0.3, -0.25) is 10.1 Å². The molecule has 4 nitrogen and oxygen atoms in total. The number of aromatic nitrogens is 1. The average molecular weight is 373 g/mol. The van der Waals surface area contributed by atoms with Crippen molar-refractivity contribution in [2.75, 3.05) is 24.3 Å². The molecule has 0 fully saturated rings. The zero-order valence-corrected chi connectivity index (χ0v) is 16.1. The summed E-state index contributed by atoms with van der Waals surface area (Å²) >= 11 is 1.54. The van der Waals surface area contributed by atoms with Crippen LogP contribution in [-0.4, -0.2) is 25.0 Å². The molecule has 1 heterocycles. The van der Waals surface area contributed by atoms with E-state index >= 15 is 0 Å². The minimum Gasteiger partial charge on any atom is -0.378 e. The maximum atomic E-state index is 12.6. The largest absolute Gasteiger partial charge is 0.378 e. The molecule has 1 aliphatic rings. The molecule has 0 spiro atoms. The van der Waals surface area contributed by atoms with Crippen molar-refractivity contribution in [3.8, 4) is 0 Å². The van der Waals surface area contributed by atoms with Crippen molar-refractivity contribution in [3.05, 3.63) is 65.2 Å². The Kier molecular flexibility index (Phi) is 3.65. The maximum absolute atomic E-state index is 12.6. The molecule has 5 rings (SSSR count). The van der Waals surface area contributed by atoms with Crippen LogP contribution < -0.4 is 10.2 Å². The molecule has 0 bridgehead atoms. The smallest absolute Gasteiger partial charge is 0.257 e. The van der Waals surface area contributed by atoms with E-state index in [0.29, 0.717) is 10.7 Å². The lowest BCUT2D eigenvalue weighted by molar-refractivity contribution is 0.102. The fourth-order valence-electron chi connectivity index (χ4n) is 3.84. The van der Waals surface area contributed by atoms with Gasteiger partial charge in [0.25, 0.3) is 5.91 Å². The predicted octanol–water partition coefficient (Wildman–Crippen LogP) is 4.87. The third-order valence-corrected chi connectivity index (χ3v) is 6.13. The average Bonchev–Trinajstić information content (AvgIpc) is 3.27. The summed E-state index contributed by atoms with van der Waals surface area (Å²) in [7, 11) is 3.96. The van der Waals surface area contributed by atoms with Gasteiger partial charge in [0.2, 0.25) is 0 Å². The van der Waals surface area contributed by atoms with E-state index in [1.807, 2.05) is 43.3 Å². The molecule has 4 aromatic rings. The predicted molar refractivity (Wildman–Crippen MR) is 113 cm³/mol. The highest BCUT2D eigenvalue weighted by molar-refractivity contribution is 7.22. The van der Waals surface area contributed by atoms with Crippen molar-refractivity contribution in [1.29, 1.82) is 0 Å². The van der Waals surface area contributed by atoms with Gasteiger partial charge in [-0.25, -0.2) is 4.98 Å². The number of fused-ring (bicyclic) bond motifs is 2. The molecular weight excluding hydrogens is 354 g/mol. The molecule has 1 amide bonds. The van der Waals surface area contributed by atoms with E-state index in [0.717, 1.165) is 28.7 Å². The Morgan fingerprint density at radius 2 is 1.85 bits per heavy atom. The van der Waals surface area contributed by atoms with Crippen molar-refractivity contribution in [3.63, 3.8) is 0 Å². The molecular formula is C22H19N3OS. The Morgan fingerprint density at radius 3 is 2.63 bits per heavy atom. The lowest BCUT2D eigenvalue weighted by Gasteiger charge is -2.12. The van der Waals surface area contributed by atoms with Crippen LogP contribution in [0.15, 0.2) is 48.5 Å². The van der Waals surface area contributed by atoms with E-state index in [2.05, 4.69) is 29.6 Å². The second kappa shape index (κ2) is 6.06. The van der Waals surface area contributed by atoms with Crippen molar-refractivity contribution in [2.24, 2.45) is 0 Å². The fraction of sp³-hybridized carbons (Fsp3) is 0.182. The summed E-state index contributed by atoms with van der Waals surface area (Å²) in [4.78, 5) is 19.4. The number of nitrogens with zero attached hydrogens (tertiary/aromatic N) is 2. The number of nitrogens with one attached hydrogen (secondary N) is 1. The van der Waals surface area contributed by atoms with Crippen LogP contribution >= 0.6 is 11.3 Å². The number of aryl methyl sites for hydroxylation is 2. The molecule has 1 N–H and O–H groups in total. The summed E-state index contributed by atoms with van der Waals surface area (Å²) in [6, 6.07) is 16.3. The molecule has 1 aliphatic carbocycles. The van der Waals surface area contributed by atoms with Crippen molar-refractivity contribution < 1.29 is 4.79 Å². The quantitative estimate of drug-likeness (QED) is 0.557. The number of amides is 1. The van der Waals surface area contributed by atoms with Gasteiger partial charge in [-0.1, -0.05) is 29.5 Å². The highest BCUT2D eigenvalue weighted by Crippen LogP contribution is 2.39. The SMILES string of the molecule is CN(C)c1ccc(C(=O)Nc2nc3c(cc4c5c(cccc53)CC4)s2)cc1. The van der Waals surface area contributed by atoms with Gasteiger partial charge >= 0.3 is 0 Å². The van der Waals surface area contributed by atoms with E-state index in [1.54, 1.807) is 11.3 Å². The van der Waals surface area contributed by atoms with Crippen molar-refractivity contribution in [2.45, 2.75) is 12.8 Å². The number of carbonyl (C=O) groups is 1. The number of anilines is 2. The van der Waals surface area contributed by atoms with Gasteiger partial charge in [0, 0.05) is 30.7 Å². The number of hydrogen-bond acceptors (Lipinski definition) is 4. The van der Waals surface area contributed by atoms with Crippen LogP contribution in [0, 0.1) is 0 Å². The van der Waals surface area contributed by atoms with Crippen LogP contribution in [0.25, 0.3) is 21.0 Å². The van der Waals surface area contributed by atoms with Crippen LogP contribution in [-0.2, 0) is 12.8 Å². The Hall–Kier alpha value is -2.92. The molecule has 5 heteroatoms. The minimum atomic E-state index is -0.128. The van der Waals surface area contributed by atoms with E-state index < -0.39 is 0 Å². The highest BCUT2D eigenvalue weighted by atomic mass is 32.1. The lowest BCUT2D eigenvalue weighted by Crippen LogP contribution is -2.13. The summed E-state index contributed by atoms with van der Waals surface area (Å²) in [5, 5.41) is 6.17. The summed E-state index contributed by atoms with van der Waals surface area (Å²) in [6.07, 6.45) is 2.19. The van der Waals surface area contributed by atoms with Crippen LogP contribution in [0.2, 0.25) is 0 Å².